The van der Waals surface area contributed by atoms with E-state index < -0.39 is 0 Å². The molecule has 0 spiro atoms. The number of nitrogens with zero attached hydrogens (tertiary/aromatic N) is 1. The topological polar surface area (TPSA) is 58.9 Å². The van der Waals surface area contributed by atoms with Crippen LogP contribution >= 0.6 is 23.4 Å². The third-order valence-corrected chi connectivity index (χ3v) is 4.75. The second-order valence-electron chi connectivity index (χ2n) is 5.24. The number of aromatic hydroxyl groups is 1. The molecule has 4 nitrogen and oxygen atoms in total. The molecular formula is C18H14ClNO3S. The predicted molar refractivity (Wildman–Crippen MR) is 98.0 cm³/mol. The van der Waals surface area contributed by atoms with Crippen molar-refractivity contribution in [3.05, 3.63) is 63.0 Å². The second-order valence-corrected chi connectivity index (χ2v) is 6.71. The number of methoxy groups -OCH3 is 1. The van der Waals surface area contributed by atoms with Crippen molar-refractivity contribution in [1.82, 2.24) is 0 Å². The Balaban J connectivity index is 1.93. The maximum absolute atomic E-state index is 12.2. The van der Waals surface area contributed by atoms with Crippen LogP contribution in [-0.4, -0.2) is 23.2 Å². The van der Waals surface area contributed by atoms with E-state index in [-0.39, 0.29) is 17.4 Å². The summed E-state index contributed by atoms with van der Waals surface area (Å²) in [6.07, 6.45) is 1.57. The molecule has 0 fully saturated rings. The second kappa shape index (κ2) is 6.71. The molecule has 122 valence electrons. The lowest BCUT2D eigenvalue weighted by Gasteiger charge is -2.07. The Morgan fingerprint density at radius 3 is 2.62 bits per heavy atom. The van der Waals surface area contributed by atoms with Gasteiger partial charge in [-0.2, -0.15) is 0 Å². The smallest absolute Gasteiger partial charge is 0.284 e. The van der Waals surface area contributed by atoms with E-state index in [1.807, 2.05) is 31.2 Å². The van der Waals surface area contributed by atoms with Crippen LogP contribution in [0, 0.1) is 6.92 Å². The molecule has 1 aliphatic heterocycles. The number of thioether (sulfide) groups is 1. The zero-order chi connectivity index (χ0) is 17.3. The molecule has 24 heavy (non-hydrogen) atoms. The third kappa shape index (κ3) is 3.32. The van der Waals surface area contributed by atoms with Crippen LogP contribution in [-0.2, 0) is 4.79 Å². The first kappa shape index (κ1) is 16.6. The summed E-state index contributed by atoms with van der Waals surface area (Å²) in [6, 6.07) is 10.9. The number of phenolic OH excluding ortho intramolecular Hbond substituents is 1. The summed E-state index contributed by atoms with van der Waals surface area (Å²) < 4.78 is 5.08. The number of hydrogen-bond donors (Lipinski definition) is 1. The Labute approximate surface area is 148 Å². The average Bonchev–Trinajstić information content (AvgIpc) is 2.92. The van der Waals surface area contributed by atoms with E-state index in [4.69, 9.17) is 16.3 Å². The van der Waals surface area contributed by atoms with Gasteiger partial charge >= 0.3 is 0 Å². The van der Waals surface area contributed by atoms with Crippen LogP contribution in [0.2, 0.25) is 5.02 Å². The highest BCUT2D eigenvalue weighted by molar-refractivity contribution is 8.19. The fourth-order valence-corrected chi connectivity index (χ4v) is 3.36. The number of carbonyl (C=O) groups excluding carboxylic acids is 1. The number of phenols is 1. The van der Waals surface area contributed by atoms with Crippen molar-refractivity contribution in [2.45, 2.75) is 6.92 Å². The lowest BCUT2D eigenvalue weighted by atomic mass is 10.1. The zero-order valence-electron chi connectivity index (χ0n) is 13.0. The highest BCUT2D eigenvalue weighted by Gasteiger charge is 2.23. The molecule has 1 amide bonds. The van der Waals surface area contributed by atoms with Gasteiger partial charge in [-0.25, -0.2) is 4.99 Å². The van der Waals surface area contributed by atoms with E-state index in [1.54, 1.807) is 12.1 Å². The molecule has 3 rings (SSSR count). The van der Waals surface area contributed by atoms with Gasteiger partial charge in [0.05, 0.1) is 12.0 Å². The fraction of sp³-hybridized carbons (Fsp3) is 0.111. The van der Waals surface area contributed by atoms with Crippen molar-refractivity contribution in [2.75, 3.05) is 7.11 Å². The lowest BCUT2D eigenvalue weighted by Crippen LogP contribution is -1.90. The summed E-state index contributed by atoms with van der Waals surface area (Å²) in [4.78, 5) is 16.7. The minimum absolute atomic E-state index is 0.0633. The van der Waals surface area contributed by atoms with Gasteiger partial charge in [-0.15, -0.1) is 0 Å². The number of aliphatic imine (C=N–C) groups is 1. The first-order chi connectivity index (χ1) is 11.5. The van der Waals surface area contributed by atoms with E-state index in [0.717, 1.165) is 11.1 Å². The Bertz CT molecular complexity index is 873. The molecule has 0 bridgehead atoms. The Morgan fingerprint density at radius 1 is 1.25 bits per heavy atom. The normalized spacial score (nSPS) is 15.7. The predicted octanol–water partition coefficient (Wildman–Crippen LogP) is 4.42. The minimum Gasteiger partial charge on any atom is -0.504 e. The van der Waals surface area contributed by atoms with Gasteiger partial charge in [-0.3, -0.25) is 4.79 Å². The monoisotopic (exact) mass is 359 g/mol. The number of carbonyl (C=O) groups is 1. The Morgan fingerprint density at radius 2 is 1.96 bits per heavy atom. The fourth-order valence-electron chi connectivity index (χ4n) is 2.23. The Hall–Kier alpha value is -2.24. The number of benzene rings is 2. The first-order valence-electron chi connectivity index (χ1n) is 7.14. The van der Waals surface area contributed by atoms with Crippen LogP contribution < -0.4 is 4.74 Å². The molecule has 0 unspecified atom stereocenters. The Kier molecular flexibility index (Phi) is 4.64. The quantitative estimate of drug-likeness (QED) is 0.824. The summed E-state index contributed by atoms with van der Waals surface area (Å²) in [6.45, 7) is 2.00. The first-order valence-corrected chi connectivity index (χ1v) is 8.33. The van der Waals surface area contributed by atoms with Crippen LogP contribution in [0.1, 0.15) is 16.7 Å². The molecule has 0 radical (unpaired) electrons. The minimum atomic E-state index is -0.339. The van der Waals surface area contributed by atoms with Crippen LogP contribution in [0.25, 0.3) is 6.08 Å². The molecule has 2 aromatic rings. The van der Waals surface area contributed by atoms with Gasteiger partial charge in [-0.1, -0.05) is 53.2 Å². The van der Waals surface area contributed by atoms with Gasteiger partial charge in [0.1, 0.15) is 5.04 Å². The standard InChI is InChI=1S/C18H14ClNO3S/c1-10-3-5-11(6-4-10)18-20-17(22)15(24-18)8-12-7-13(19)9-14(23-2)16(12)21/h3-9,21H,1-2H3/b15-8-. The number of hydrogen-bond acceptors (Lipinski definition) is 4. The summed E-state index contributed by atoms with van der Waals surface area (Å²) in [5, 5.41) is 11.2. The summed E-state index contributed by atoms with van der Waals surface area (Å²) in [5.41, 5.74) is 2.44. The number of aryl methyl sites for hydroxylation is 1. The van der Waals surface area contributed by atoms with Crippen molar-refractivity contribution in [1.29, 1.82) is 0 Å². The van der Waals surface area contributed by atoms with E-state index in [9.17, 15) is 9.90 Å². The maximum Gasteiger partial charge on any atom is 0.284 e. The van der Waals surface area contributed by atoms with E-state index in [0.29, 0.717) is 20.5 Å². The van der Waals surface area contributed by atoms with Gasteiger partial charge < -0.3 is 9.84 Å². The zero-order valence-corrected chi connectivity index (χ0v) is 14.6. The molecule has 0 aromatic heterocycles. The number of ether oxygens (including phenoxy) is 1. The molecule has 1 heterocycles. The van der Waals surface area contributed by atoms with Crippen molar-refractivity contribution in [3.8, 4) is 11.5 Å². The van der Waals surface area contributed by atoms with Crippen LogP contribution in [0.4, 0.5) is 0 Å². The molecular weight excluding hydrogens is 346 g/mol. The summed E-state index contributed by atoms with van der Waals surface area (Å²) in [5.74, 6) is -0.148. The van der Waals surface area contributed by atoms with Crippen molar-refractivity contribution in [2.24, 2.45) is 4.99 Å². The van der Waals surface area contributed by atoms with Gasteiger partial charge in [0.2, 0.25) is 0 Å². The molecule has 0 saturated heterocycles. The molecule has 2 aromatic carbocycles. The van der Waals surface area contributed by atoms with Crippen molar-refractivity contribution in [3.63, 3.8) is 0 Å². The number of halogens is 1. The van der Waals surface area contributed by atoms with E-state index in [2.05, 4.69) is 4.99 Å². The van der Waals surface area contributed by atoms with E-state index >= 15 is 0 Å². The van der Waals surface area contributed by atoms with Crippen molar-refractivity contribution < 1.29 is 14.6 Å². The van der Waals surface area contributed by atoms with Gasteiger partial charge in [0, 0.05) is 22.2 Å². The van der Waals surface area contributed by atoms with Crippen LogP contribution in [0.3, 0.4) is 0 Å². The number of rotatable bonds is 3. The average molecular weight is 360 g/mol. The largest absolute Gasteiger partial charge is 0.504 e. The highest BCUT2D eigenvalue weighted by atomic mass is 35.5. The molecule has 1 aliphatic rings. The highest BCUT2D eigenvalue weighted by Crippen LogP contribution is 2.38. The molecule has 1 N–H and O–H groups in total. The molecule has 0 atom stereocenters. The molecule has 0 aliphatic carbocycles. The number of amides is 1. The molecule has 0 saturated carbocycles. The SMILES string of the molecule is COc1cc(Cl)cc(/C=C2\SC(c3ccc(C)cc3)=NC2=O)c1O. The summed E-state index contributed by atoms with van der Waals surface area (Å²) in [7, 11) is 1.44. The van der Waals surface area contributed by atoms with Crippen LogP contribution in [0.5, 0.6) is 11.5 Å². The third-order valence-electron chi connectivity index (χ3n) is 3.49. The molecule has 6 heteroatoms. The van der Waals surface area contributed by atoms with Crippen molar-refractivity contribution >= 4 is 40.4 Å². The summed E-state index contributed by atoms with van der Waals surface area (Å²) >= 11 is 7.29. The van der Waals surface area contributed by atoms with Gasteiger partial charge in [0.25, 0.3) is 5.91 Å². The maximum atomic E-state index is 12.2. The van der Waals surface area contributed by atoms with Crippen LogP contribution in [0.15, 0.2) is 46.3 Å². The van der Waals surface area contributed by atoms with Gasteiger partial charge in [0.15, 0.2) is 11.5 Å². The lowest BCUT2D eigenvalue weighted by molar-refractivity contribution is -0.113. The van der Waals surface area contributed by atoms with E-state index in [1.165, 1.54) is 24.9 Å². The van der Waals surface area contributed by atoms with Gasteiger partial charge in [-0.05, 0) is 19.1 Å².